The van der Waals surface area contributed by atoms with Gasteiger partial charge in [0.1, 0.15) is 21.7 Å². The van der Waals surface area contributed by atoms with Crippen LogP contribution in [0.15, 0.2) is 72.8 Å². The Balaban J connectivity index is -0.000000251. The first-order valence-electron chi connectivity index (χ1n) is 38.8. The van der Waals surface area contributed by atoms with Gasteiger partial charge in [0.05, 0.1) is 44.9 Å². The summed E-state index contributed by atoms with van der Waals surface area (Å²) in [4.78, 5) is 10.2. The Hall–Kier alpha value is -2.26. The van der Waals surface area contributed by atoms with Gasteiger partial charge < -0.3 is 98.3 Å². The van der Waals surface area contributed by atoms with Crippen LogP contribution in [0, 0.1) is 47.8 Å². The molecule has 688 valence electrons. The van der Waals surface area contributed by atoms with Crippen LogP contribution in [0.1, 0.15) is 244 Å². The van der Waals surface area contributed by atoms with Gasteiger partial charge in [-0.3, -0.25) is 0 Å². The van der Waals surface area contributed by atoms with Crippen LogP contribution in [0.2, 0.25) is 39.3 Å². The monoisotopic (exact) mass is 1840 g/mol. The van der Waals surface area contributed by atoms with Crippen molar-refractivity contribution in [3.8, 4) is 0 Å². The topological polar surface area (TPSA) is 256 Å². The van der Waals surface area contributed by atoms with Gasteiger partial charge in [-0.2, -0.15) is 52.7 Å². The molecular weight excluding hydrogens is 1710 g/mol. The average molecular weight is 1840 g/mol. The van der Waals surface area contributed by atoms with Crippen molar-refractivity contribution in [2.75, 3.05) is 19.6 Å². The summed E-state index contributed by atoms with van der Waals surface area (Å²) in [6, 6.07) is 27.1. The summed E-state index contributed by atoms with van der Waals surface area (Å²) in [7, 11) is -26.6. The molecule has 4 aromatic carbocycles. The van der Waals surface area contributed by atoms with Crippen molar-refractivity contribution in [2.24, 2.45) is 21.7 Å². The number of halogens is 12. The van der Waals surface area contributed by atoms with E-state index >= 15 is 0 Å². The second-order valence-electron chi connectivity index (χ2n) is 36.5. The average Bonchev–Trinajstić information content (AvgIpc) is 1.64. The van der Waals surface area contributed by atoms with E-state index in [1.54, 1.807) is 0 Å². The number of para-hydroxylation sites is 4. The van der Waals surface area contributed by atoms with Crippen molar-refractivity contribution in [2.45, 2.75) is 334 Å². The van der Waals surface area contributed by atoms with E-state index in [0.29, 0.717) is 0 Å². The van der Waals surface area contributed by atoms with Crippen LogP contribution in [-0.4, -0.2) is 188 Å². The van der Waals surface area contributed by atoms with E-state index in [1.807, 2.05) is 0 Å². The van der Waals surface area contributed by atoms with Crippen LogP contribution < -0.4 is 38.5 Å². The van der Waals surface area contributed by atoms with Crippen LogP contribution in [-0.2, 0) is 91.8 Å². The van der Waals surface area contributed by atoms with Gasteiger partial charge in [0, 0.05) is 25.7 Å². The molecule has 123 heavy (non-hydrogen) atoms. The molecule has 0 bridgehead atoms. The van der Waals surface area contributed by atoms with E-state index in [-0.39, 0.29) is 146 Å². The minimum absolute atomic E-state index is 0. The van der Waals surface area contributed by atoms with Crippen LogP contribution in [0.5, 0.6) is 0 Å². The second kappa shape index (κ2) is 50.6. The Bertz CT molecular complexity index is 3720. The molecule has 17 nitrogen and oxygen atoms in total. The number of rotatable bonds is 14. The van der Waals surface area contributed by atoms with Gasteiger partial charge in [-0.05, 0) is 207 Å². The molecule has 4 aromatic rings. The van der Waals surface area contributed by atoms with Gasteiger partial charge in [-0.15, -0.1) is 0 Å². The van der Waals surface area contributed by atoms with Gasteiger partial charge in [-0.25, -0.2) is 53.3 Å². The smallest absolute Gasteiger partial charge is 1.00 e. The quantitative estimate of drug-likeness (QED) is 0.0374. The number of benzene rings is 4. The minimum atomic E-state index is -6.09. The molecule has 0 aromatic heterocycles. The van der Waals surface area contributed by atoms with Gasteiger partial charge in [0.2, 0.25) is 0 Å². The molecular formula is C83H134F12Li5N5O12S4Si2-4. The molecule has 4 aliphatic heterocycles. The zero-order valence-electron chi connectivity index (χ0n) is 79.0. The molecule has 0 unspecified atom stereocenters. The van der Waals surface area contributed by atoms with Crippen molar-refractivity contribution in [3.05, 3.63) is 148 Å². The Labute approximate surface area is 795 Å². The molecule has 8 radical (unpaired) electrons. The third-order valence-electron chi connectivity index (χ3n) is 18.7. The van der Waals surface area contributed by atoms with Crippen molar-refractivity contribution < 1.29 is 123 Å². The summed E-state index contributed by atoms with van der Waals surface area (Å²) < 4.78 is 240. The first kappa shape index (κ1) is 134. The van der Waals surface area contributed by atoms with E-state index in [9.17, 15) is 52.7 Å². The zero-order valence-corrected chi connectivity index (χ0v) is 84.3. The van der Waals surface area contributed by atoms with Crippen LogP contribution in [0.4, 0.5) is 75.4 Å². The largest absolute Gasteiger partial charge is 1.00 e. The number of anilines is 4. The molecule has 0 saturated carbocycles. The van der Waals surface area contributed by atoms with Gasteiger partial charge in [0.15, 0.2) is 66.7 Å². The third-order valence-corrected chi connectivity index (χ3v) is 26.3. The molecule has 0 aliphatic carbocycles. The summed E-state index contributed by atoms with van der Waals surface area (Å²) in [6.07, 6.45) is 13.6. The standard InChI is InChI=1S/4C18H28N.C6H18NSi2.4CHF3O3S.CH4.5Li/c4*1-7-14-10-9-11-15(8-2)16(14)19-13-17(3,4)12-18(19,5)6;1-8(2,3)7-9(4,5)6;4*2-1(3,4)8(5,6)7;;;;;;/h4*9-11,13H,7-8,12H2,1-6H3;1-6H3;4*(H,5,6,7);1H4;;;;;/q4*+1;-1;;;;;;4*-1;+1/p-4. The normalized spacial score (nSPS) is 17.3. The molecule has 4 fully saturated rings. The fourth-order valence-corrected chi connectivity index (χ4v) is 23.7. The Morgan fingerprint density at radius 3 is 0.472 bits per heavy atom. The number of nitrogens with zero attached hydrogens (tertiary/aromatic N) is 5. The van der Waals surface area contributed by atoms with Crippen molar-refractivity contribution >= 4 is 155 Å². The maximum Gasteiger partial charge on any atom is 1.00 e. The summed E-state index contributed by atoms with van der Waals surface area (Å²) in [6.45, 7) is 79.3. The molecule has 4 heterocycles. The minimum Gasteiger partial charge on any atom is -1.00 e. The summed E-state index contributed by atoms with van der Waals surface area (Å²) >= 11 is 0. The molecule has 8 rings (SSSR count). The molecule has 0 N–H and O–H groups in total. The van der Waals surface area contributed by atoms with E-state index in [1.165, 1.54) is 92.9 Å². The van der Waals surface area contributed by atoms with Crippen molar-refractivity contribution in [1.29, 1.82) is 0 Å². The molecule has 4 aliphatic rings. The zero-order chi connectivity index (χ0) is 92.7. The third kappa shape index (κ3) is 43.3. The Morgan fingerprint density at radius 1 is 0.309 bits per heavy atom. The maximum absolute atomic E-state index is 10.7. The molecule has 40 heteroatoms. The number of alkyl halides is 12. The summed E-state index contributed by atoms with van der Waals surface area (Å²) in [5.74, 6) is 0. The first-order chi connectivity index (χ1) is 51.9. The fourth-order valence-electron chi connectivity index (χ4n) is 15.7. The number of hydrogen-bond donors (Lipinski definition) is 0. The van der Waals surface area contributed by atoms with Gasteiger partial charge in [0.25, 0.3) is 0 Å². The van der Waals surface area contributed by atoms with Crippen molar-refractivity contribution in [3.63, 3.8) is 0 Å². The van der Waals surface area contributed by atoms with Crippen LogP contribution in [0.3, 0.4) is 0 Å². The SMILES string of the molecule is C.CCc1cccc(CC)c1N1[CH+]C(C)(C)CC1(C)C.CCc1cccc(CC)c1N1[CH+]C(C)(C)CC1(C)C.CCc1cccc(CC)c1N1[CH+]C(C)(C)CC1(C)C.CCc1cccc(CC)c1N1[CH+]C(C)(C)CC1(C)C.C[Si](C)(C)[N-][Si](C)(C)C.O=S(=O)([O-])C(F)(F)F.O=S(=O)([O-])C(F)(F)F.O=S(=O)([O-])C(F)(F)F.O=S(=O)([O-])C(F)(F)F.[Li+].[Li-].[Li-].[Li-].[Li-]. The summed E-state index contributed by atoms with van der Waals surface area (Å²) in [5.41, 5.74) is -2.97. The van der Waals surface area contributed by atoms with Crippen LogP contribution >= 0.6 is 0 Å². The molecule has 0 atom stereocenters. The van der Waals surface area contributed by atoms with E-state index in [4.69, 9.17) is 56.5 Å². The van der Waals surface area contributed by atoms with Gasteiger partial charge in [-0.1, -0.05) is 191 Å². The first-order valence-corrected chi connectivity index (χ1v) is 51.3. The van der Waals surface area contributed by atoms with E-state index in [2.05, 4.69) is 324 Å². The fraction of sp³-hybridized carbons (Fsp3) is 0.663. The number of aryl methyl sites for hydroxylation is 8. The molecule has 4 saturated heterocycles. The van der Waals surface area contributed by atoms with E-state index in [0.717, 1.165) is 51.4 Å². The Kier molecular flexibility index (Phi) is 55.0. The number of hydrogen-bond acceptors (Lipinski definition) is 16. The second-order valence-corrected chi connectivity index (χ2v) is 51.6. The predicted molar refractivity (Wildman–Crippen MR) is 481 cm³/mol. The van der Waals surface area contributed by atoms with Crippen molar-refractivity contribution in [1.82, 2.24) is 0 Å². The Morgan fingerprint density at radius 2 is 0.415 bits per heavy atom. The molecule has 0 amide bonds. The summed E-state index contributed by atoms with van der Waals surface area (Å²) in [5, 5.41) is 0. The predicted octanol–water partition coefficient (Wildman–Crippen LogP) is 19.3. The molecule has 0 spiro atoms. The van der Waals surface area contributed by atoms with Crippen LogP contribution in [0.25, 0.3) is 4.65 Å². The van der Waals surface area contributed by atoms with Gasteiger partial charge >= 0.3 is 40.9 Å². The van der Waals surface area contributed by atoms with E-state index < -0.39 is 79.0 Å². The maximum atomic E-state index is 10.7.